The van der Waals surface area contributed by atoms with Crippen LogP contribution in [-0.2, 0) is 22.4 Å². The minimum absolute atomic E-state index is 0.0206. The van der Waals surface area contributed by atoms with Crippen molar-refractivity contribution in [2.75, 3.05) is 24.9 Å². The second-order valence-electron chi connectivity index (χ2n) is 5.51. The van der Waals surface area contributed by atoms with Crippen molar-refractivity contribution < 1.29 is 19.1 Å². The Balaban J connectivity index is 1.72. The SMILES string of the molecule is COc1ccc(OC)c(NC(=O)Cc2ccc3c(c2)CC(=O)N3)c1. The fourth-order valence-electron chi connectivity index (χ4n) is 2.68. The third-order valence-electron chi connectivity index (χ3n) is 3.84. The van der Waals surface area contributed by atoms with Crippen LogP contribution < -0.4 is 20.1 Å². The Morgan fingerprint density at radius 1 is 1.17 bits per heavy atom. The lowest BCUT2D eigenvalue weighted by atomic mass is 10.1. The second kappa shape index (κ2) is 6.62. The highest BCUT2D eigenvalue weighted by molar-refractivity contribution is 5.99. The van der Waals surface area contributed by atoms with Crippen molar-refractivity contribution in [1.82, 2.24) is 0 Å². The molecule has 2 aromatic rings. The number of carbonyl (C=O) groups is 2. The normalized spacial score (nSPS) is 12.3. The number of carbonyl (C=O) groups excluding carboxylic acids is 2. The van der Waals surface area contributed by atoms with Gasteiger partial charge in [-0.05, 0) is 29.3 Å². The number of ether oxygens (including phenoxy) is 2. The van der Waals surface area contributed by atoms with Gasteiger partial charge in [0.1, 0.15) is 11.5 Å². The van der Waals surface area contributed by atoms with Crippen molar-refractivity contribution in [2.45, 2.75) is 12.8 Å². The molecule has 0 aromatic heterocycles. The van der Waals surface area contributed by atoms with Crippen LogP contribution in [0.15, 0.2) is 36.4 Å². The molecule has 124 valence electrons. The maximum absolute atomic E-state index is 12.3. The zero-order valence-electron chi connectivity index (χ0n) is 13.5. The van der Waals surface area contributed by atoms with E-state index in [2.05, 4.69) is 10.6 Å². The molecule has 0 spiro atoms. The average molecular weight is 326 g/mol. The monoisotopic (exact) mass is 326 g/mol. The number of rotatable bonds is 5. The maximum atomic E-state index is 12.3. The van der Waals surface area contributed by atoms with Gasteiger partial charge in [0.15, 0.2) is 0 Å². The first kappa shape index (κ1) is 15.9. The van der Waals surface area contributed by atoms with E-state index in [-0.39, 0.29) is 18.2 Å². The third-order valence-corrected chi connectivity index (χ3v) is 3.84. The number of amides is 2. The van der Waals surface area contributed by atoms with Crippen molar-refractivity contribution in [2.24, 2.45) is 0 Å². The molecule has 0 unspecified atom stereocenters. The summed E-state index contributed by atoms with van der Waals surface area (Å²) in [5.41, 5.74) is 3.15. The number of hydrogen-bond acceptors (Lipinski definition) is 4. The van der Waals surface area contributed by atoms with Gasteiger partial charge in [0, 0.05) is 11.8 Å². The zero-order chi connectivity index (χ0) is 17.1. The Kier molecular flexibility index (Phi) is 4.37. The van der Waals surface area contributed by atoms with Crippen LogP contribution in [0, 0.1) is 0 Å². The number of nitrogens with one attached hydrogen (secondary N) is 2. The van der Waals surface area contributed by atoms with E-state index in [4.69, 9.17) is 9.47 Å². The molecular weight excluding hydrogens is 308 g/mol. The lowest BCUT2D eigenvalue weighted by molar-refractivity contribution is -0.116. The van der Waals surface area contributed by atoms with Gasteiger partial charge in [0.2, 0.25) is 11.8 Å². The van der Waals surface area contributed by atoms with Crippen molar-refractivity contribution in [1.29, 1.82) is 0 Å². The van der Waals surface area contributed by atoms with E-state index < -0.39 is 0 Å². The molecule has 0 fully saturated rings. The molecule has 0 radical (unpaired) electrons. The van der Waals surface area contributed by atoms with Gasteiger partial charge in [-0.2, -0.15) is 0 Å². The lowest BCUT2D eigenvalue weighted by Crippen LogP contribution is -2.15. The Morgan fingerprint density at radius 2 is 2.00 bits per heavy atom. The molecule has 0 aliphatic carbocycles. The van der Waals surface area contributed by atoms with Crippen molar-refractivity contribution in [3.63, 3.8) is 0 Å². The molecule has 2 aromatic carbocycles. The van der Waals surface area contributed by atoms with Gasteiger partial charge in [-0.1, -0.05) is 12.1 Å². The molecule has 1 aliphatic heterocycles. The average Bonchev–Trinajstić information content (AvgIpc) is 2.94. The highest BCUT2D eigenvalue weighted by Gasteiger charge is 2.18. The van der Waals surface area contributed by atoms with Crippen molar-refractivity contribution >= 4 is 23.2 Å². The van der Waals surface area contributed by atoms with E-state index in [1.165, 1.54) is 0 Å². The zero-order valence-corrected chi connectivity index (χ0v) is 13.5. The van der Waals surface area contributed by atoms with E-state index in [0.717, 1.165) is 16.8 Å². The Labute approximate surface area is 139 Å². The van der Waals surface area contributed by atoms with Gasteiger partial charge in [-0.15, -0.1) is 0 Å². The van der Waals surface area contributed by atoms with Crippen LogP contribution in [-0.4, -0.2) is 26.0 Å². The van der Waals surface area contributed by atoms with E-state index in [1.807, 2.05) is 18.2 Å². The Hall–Kier alpha value is -3.02. The molecule has 0 bridgehead atoms. The van der Waals surface area contributed by atoms with Crippen molar-refractivity contribution in [3.8, 4) is 11.5 Å². The minimum atomic E-state index is -0.168. The quantitative estimate of drug-likeness (QED) is 0.884. The first-order valence-electron chi connectivity index (χ1n) is 7.52. The Bertz CT molecular complexity index is 802. The van der Waals surface area contributed by atoms with E-state index in [0.29, 0.717) is 23.6 Å². The largest absolute Gasteiger partial charge is 0.497 e. The predicted octanol–water partition coefficient (Wildman–Crippen LogP) is 2.38. The smallest absolute Gasteiger partial charge is 0.228 e. The van der Waals surface area contributed by atoms with E-state index in [1.54, 1.807) is 32.4 Å². The molecule has 6 nitrogen and oxygen atoms in total. The first-order chi connectivity index (χ1) is 11.6. The summed E-state index contributed by atoms with van der Waals surface area (Å²) in [4.78, 5) is 23.7. The highest BCUT2D eigenvalue weighted by Crippen LogP contribution is 2.29. The van der Waals surface area contributed by atoms with Crippen LogP contribution in [0.5, 0.6) is 11.5 Å². The maximum Gasteiger partial charge on any atom is 0.228 e. The van der Waals surface area contributed by atoms with Crippen LogP contribution in [0.4, 0.5) is 11.4 Å². The summed E-state index contributed by atoms with van der Waals surface area (Å²) < 4.78 is 10.4. The van der Waals surface area contributed by atoms with Crippen LogP contribution in [0.2, 0.25) is 0 Å². The molecule has 0 saturated carbocycles. The van der Waals surface area contributed by atoms with Gasteiger partial charge in [-0.25, -0.2) is 0 Å². The summed E-state index contributed by atoms with van der Waals surface area (Å²) in [5, 5.41) is 5.61. The lowest BCUT2D eigenvalue weighted by Gasteiger charge is -2.12. The fourth-order valence-corrected chi connectivity index (χ4v) is 2.68. The van der Waals surface area contributed by atoms with E-state index >= 15 is 0 Å². The molecule has 1 aliphatic rings. The topological polar surface area (TPSA) is 76.7 Å². The van der Waals surface area contributed by atoms with Gasteiger partial charge in [0.05, 0.1) is 32.7 Å². The fraction of sp³-hybridized carbons (Fsp3) is 0.222. The van der Waals surface area contributed by atoms with E-state index in [9.17, 15) is 9.59 Å². The standard InChI is InChI=1S/C18H18N2O4/c1-23-13-4-6-16(24-2)15(10-13)20-17(21)8-11-3-5-14-12(7-11)9-18(22)19-14/h3-7,10H,8-9H2,1-2H3,(H,19,22)(H,20,21). The summed E-state index contributed by atoms with van der Waals surface area (Å²) in [6, 6.07) is 10.8. The predicted molar refractivity (Wildman–Crippen MR) is 90.7 cm³/mol. The summed E-state index contributed by atoms with van der Waals surface area (Å²) in [5.74, 6) is 1.01. The van der Waals surface area contributed by atoms with Crippen LogP contribution in [0.3, 0.4) is 0 Å². The minimum Gasteiger partial charge on any atom is -0.497 e. The second-order valence-corrected chi connectivity index (χ2v) is 5.51. The van der Waals surface area contributed by atoms with Crippen LogP contribution in [0.25, 0.3) is 0 Å². The molecular formula is C18H18N2O4. The summed E-state index contributed by atoms with van der Waals surface area (Å²) in [6.07, 6.45) is 0.566. The number of anilines is 2. The Morgan fingerprint density at radius 3 is 2.75 bits per heavy atom. The third kappa shape index (κ3) is 3.32. The van der Waals surface area contributed by atoms with Crippen LogP contribution >= 0.6 is 0 Å². The van der Waals surface area contributed by atoms with Crippen molar-refractivity contribution in [3.05, 3.63) is 47.5 Å². The molecule has 1 heterocycles. The molecule has 6 heteroatoms. The number of hydrogen-bond donors (Lipinski definition) is 2. The number of methoxy groups -OCH3 is 2. The van der Waals surface area contributed by atoms with Gasteiger partial charge < -0.3 is 20.1 Å². The van der Waals surface area contributed by atoms with Crippen LogP contribution in [0.1, 0.15) is 11.1 Å². The molecule has 2 amide bonds. The highest BCUT2D eigenvalue weighted by atomic mass is 16.5. The van der Waals surface area contributed by atoms with Gasteiger partial charge >= 0.3 is 0 Å². The van der Waals surface area contributed by atoms with Gasteiger partial charge in [0.25, 0.3) is 0 Å². The molecule has 0 saturated heterocycles. The summed E-state index contributed by atoms with van der Waals surface area (Å²) in [7, 11) is 3.11. The summed E-state index contributed by atoms with van der Waals surface area (Å²) >= 11 is 0. The summed E-state index contributed by atoms with van der Waals surface area (Å²) in [6.45, 7) is 0. The number of fused-ring (bicyclic) bond motifs is 1. The molecule has 2 N–H and O–H groups in total. The number of benzene rings is 2. The van der Waals surface area contributed by atoms with Gasteiger partial charge in [-0.3, -0.25) is 9.59 Å². The molecule has 0 atom stereocenters. The molecule has 3 rings (SSSR count). The molecule has 24 heavy (non-hydrogen) atoms. The first-order valence-corrected chi connectivity index (χ1v) is 7.52.